The van der Waals surface area contributed by atoms with Crippen LogP contribution in [-0.2, 0) is 14.6 Å². The van der Waals surface area contributed by atoms with Crippen LogP contribution in [0.1, 0.15) is 11.5 Å². The molecule has 1 fully saturated rings. The van der Waals surface area contributed by atoms with Crippen molar-refractivity contribution in [3.8, 4) is 0 Å². The Morgan fingerprint density at radius 1 is 1.47 bits per heavy atom. The minimum Gasteiger partial charge on any atom is -0.481 e. The van der Waals surface area contributed by atoms with Crippen LogP contribution in [0.5, 0.6) is 0 Å². The van der Waals surface area contributed by atoms with Gasteiger partial charge in [0.05, 0.1) is 11.9 Å². The third-order valence-electron chi connectivity index (χ3n) is 3.59. The van der Waals surface area contributed by atoms with Gasteiger partial charge in [-0.1, -0.05) is 23.7 Å². The van der Waals surface area contributed by atoms with Gasteiger partial charge in [0, 0.05) is 17.2 Å². The number of carboxylic acids is 1. The number of aliphatic carboxylic acids is 1. The van der Waals surface area contributed by atoms with E-state index in [0.29, 0.717) is 10.6 Å². The average molecular weight is 305 g/mol. The van der Waals surface area contributed by atoms with Gasteiger partial charge < -0.3 is 10.2 Å². The van der Waals surface area contributed by atoms with Crippen molar-refractivity contribution in [2.24, 2.45) is 5.41 Å². The third-order valence-corrected chi connectivity index (χ3v) is 5.44. The Labute approximate surface area is 115 Å². The molecule has 0 aromatic heterocycles. The van der Waals surface area contributed by atoms with E-state index in [2.05, 4.69) is 0 Å². The number of hydrogen-bond donors (Lipinski definition) is 2. The number of hydrogen-bond acceptors (Lipinski definition) is 4. The molecule has 2 N–H and O–H groups in total. The number of carboxylic acid groups (broad SMARTS) is 1. The molecule has 0 amide bonds. The summed E-state index contributed by atoms with van der Waals surface area (Å²) in [7, 11) is -3.59. The number of aliphatic hydroxyl groups excluding tert-OH is 1. The van der Waals surface area contributed by atoms with Gasteiger partial charge in [-0.3, -0.25) is 4.79 Å². The van der Waals surface area contributed by atoms with Crippen LogP contribution in [0.4, 0.5) is 0 Å². The maximum atomic E-state index is 11.7. The molecule has 0 aliphatic heterocycles. The van der Waals surface area contributed by atoms with E-state index in [4.69, 9.17) is 11.6 Å². The molecule has 1 aliphatic carbocycles. The summed E-state index contributed by atoms with van der Waals surface area (Å²) >= 11 is 5.84. The molecule has 0 unspecified atom stereocenters. The van der Waals surface area contributed by atoms with E-state index >= 15 is 0 Å². The molecule has 2 rings (SSSR count). The molecule has 0 radical (unpaired) electrons. The highest BCUT2D eigenvalue weighted by molar-refractivity contribution is 7.91. The SMILES string of the molecule is CS(=O)(=O)[C@H]1[C@H](c2cccc(Cl)c2)[C@@]1(CO)C(=O)O. The van der Waals surface area contributed by atoms with Gasteiger partial charge in [-0.2, -0.15) is 0 Å². The van der Waals surface area contributed by atoms with Crippen molar-refractivity contribution in [2.45, 2.75) is 11.2 Å². The van der Waals surface area contributed by atoms with E-state index < -0.39 is 39.0 Å². The third kappa shape index (κ3) is 2.13. The standard InChI is InChI=1S/C12H13ClO5S/c1-19(17,18)10-9(12(10,6-14)11(15)16)7-3-2-4-8(13)5-7/h2-5,9-10,14H,6H2,1H3,(H,15,16)/t9-,10-,12+/m0/s1. The number of benzene rings is 1. The largest absolute Gasteiger partial charge is 0.481 e. The molecule has 0 heterocycles. The molecule has 1 aliphatic rings. The van der Waals surface area contributed by atoms with Crippen molar-refractivity contribution in [3.63, 3.8) is 0 Å². The maximum Gasteiger partial charge on any atom is 0.314 e. The smallest absolute Gasteiger partial charge is 0.314 e. The summed E-state index contributed by atoms with van der Waals surface area (Å²) in [6.45, 7) is -0.725. The van der Waals surface area contributed by atoms with Crippen molar-refractivity contribution < 1.29 is 23.4 Å². The lowest BCUT2D eigenvalue weighted by atomic mass is 10.0. The van der Waals surface area contributed by atoms with Gasteiger partial charge in [-0.25, -0.2) is 8.42 Å². The predicted octanol–water partition coefficient (Wildman–Crippen LogP) is 0.914. The Morgan fingerprint density at radius 2 is 2.11 bits per heavy atom. The van der Waals surface area contributed by atoms with Gasteiger partial charge in [0.25, 0.3) is 0 Å². The van der Waals surface area contributed by atoms with Gasteiger partial charge in [0.15, 0.2) is 9.84 Å². The van der Waals surface area contributed by atoms with Crippen molar-refractivity contribution in [1.29, 1.82) is 0 Å². The normalized spacial score (nSPS) is 30.1. The summed E-state index contributed by atoms with van der Waals surface area (Å²) in [6, 6.07) is 6.39. The van der Waals surface area contributed by atoms with Crippen molar-refractivity contribution in [3.05, 3.63) is 34.9 Å². The van der Waals surface area contributed by atoms with Crippen LogP contribution < -0.4 is 0 Å². The first-order valence-electron chi connectivity index (χ1n) is 5.53. The van der Waals surface area contributed by atoms with Gasteiger partial charge >= 0.3 is 5.97 Å². The molecule has 1 aromatic rings. The second-order valence-corrected chi connectivity index (χ2v) is 7.39. The molecule has 1 aromatic carbocycles. The summed E-state index contributed by atoms with van der Waals surface area (Å²) < 4.78 is 23.5. The molecule has 5 nitrogen and oxygen atoms in total. The highest BCUT2D eigenvalue weighted by Crippen LogP contribution is 2.62. The molecule has 0 spiro atoms. The lowest BCUT2D eigenvalue weighted by Gasteiger charge is -2.08. The van der Waals surface area contributed by atoms with E-state index in [1.165, 1.54) is 6.07 Å². The minimum absolute atomic E-state index is 0.397. The molecule has 1 saturated carbocycles. The minimum atomic E-state index is -3.59. The molecule has 0 bridgehead atoms. The average Bonchev–Trinajstić information content (AvgIpc) is 2.99. The molecule has 0 saturated heterocycles. The summed E-state index contributed by atoms with van der Waals surface area (Å²) in [5.74, 6) is -2.08. The van der Waals surface area contributed by atoms with E-state index in [-0.39, 0.29) is 0 Å². The van der Waals surface area contributed by atoms with E-state index in [0.717, 1.165) is 6.26 Å². The number of carbonyl (C=O) groups is 1. The lowest BCUT2D eigenvalue weighted by Crippen LogP contribution is -2.27. The highest BCUT2D eigenvalue weighted by atomic mass is 35.5. The fourth-order valence-electron chi connectivity index (χ4n) is 2.72. The second-order valence-electron chi connectivity index (χ2n) is 4.79. The van der Waals surface area contributed by atoms with Crippen LogP contribution in [0.25, 0.3) is 0 Å². The fraction of sp³-hybridized carbons (Fsp3) is 0.417. The Hall–Kier alpha value is -1.11. The summed E-state index contributed by atoms with van der Waals surface area (Å²) in [5, 5.41) is 17.9. The van der Waals surface area contributed by atoms with Crippen molar-refractivity contribution >= 4 is 27.4 Å². The van der Waals surface area contributed by atoms with Gasteiger partial charge in [0.1, 0.15) is 5.41 Å². The van der Waals surface area contributed by atoms with Crippen LogP contribution in [-0.4, -0.2) is 42.7 Å². The summed E-state index contributed by atoms with van der Waals surface area (Å²) in [6.07, 6.45) is 0.982. The molecule has 7 heteroatoms. The number of rotatable bonds is 4. The maximum absolute atomic E-state index is 11.7. The van der Waals surface area contributed by atoms with Crippen LogP contribution in [0.3, 0.4) is 0 Å². The van der Waals surface area contributed by atoms with Crippen LogP contribution in [0, 0.1) is 5.41 Å². The van der Waals surface area contributed by atoms with Gasteiger partial charge in [-0.15, -0.1) is 0 Å². The second kappa shape index (κ2) is 4.47. The quantitative estimate of drug-likeness (QED) is 0.863. The Kier molecular flexibility index (Phi) is 3.36. The summed E-state index contributed by atoms with van der Waals surface area (Å²) in [4.78, 5) is 11.4. The Balaban J connectivity index is 2.53. The first-order chi connectivity index (χ1) is 8.75. The number of aliphatic hydroxyl groups is 1. The molecular formula is C12H13ClO5S. The monoisotopic (exact) mass is 304 g/mol. The molecule has 104 valence electrons. The first-order valence-corrected chi connectivity index (χ1v) is 7.87. The fourth-order valence-corrected chi connectivity index (χ4v) is 4.82. The first kappa shape index (κ1) is 14.3. The van der Waals surface area contributed by atoms with Gasteiger partial charge in [0.2, 0.25) is 0 Å². The Bertz CT molecular complexity index is 627. The number of sulfone groups is 1. The lowest BCUT2D eigenvalue weighted by molar-refractivity contribution is -0.145. The Morgan fingerprint density at radius 3 is 2.47 bits per heavy atom. The highest BCUT2D eigenvalue weighted by Gasteiger charge is 2.74. The van der Waals surface area contributed by atoms with Crippen LogP contribution >= 0.6 is 11.6 Å². The van der Waals surface area contributed by atoms with E-state index in [1.807, 2.05) is 0 Å². The summed E-state index contributed by atoms with van der Waals surface area (Å²) in [5.41, 5.74) is -1.16. The predicted molar refractivity (Wildman–Crippen MR) is 70.0 cm³/mol. The van der Waals surface area contributed by atoms with E-state index in [1.54, 1.807) is 18.2 Å². The zero-order valence-electron chi connectivity index (χ0n) is 10.1. The van der Waals surface area contributed by atoms with E-state index in [9.17, 15) is 23.4 Å². The molecule has 3 atom stereocenters. The van der Waals surface area contributed by atoms with Crippen LogP contribution in [0.2, 0.25) is 5.02 Å². The zero-order valence-corrected chi connectivity index (χ0v) is 11.6. The number of halogens is 1. The van der Waals surface area contributed by atoms with Crippen molar-refractivity contribution in [2.75, 3.05) is 12.9 Å². The van der Waals surface area contributed by atoms with Crippen molar-refractivity contribution in [1.82, 2.24) is 0 Å². The topological polar surface area (TPSA) is 91.7 Å². The molecule has 19 heavy (non-hydrogen) atoms. The van der Waals surface area contributed by atoms with Crippen LogP contribution in [0.15, 0.2) is 24.3 Å². The zero-order chi connectivity index (χ0) is 14.4. The van der Waals surface area contributed by atoms with Gasteiger partial charge in [-0.05, 0) is 17.7 Å². The molecular weight excluding hydrogens is 292 g/mol.